The van der Waals surface area contributed by atoms with Crippen LogP contribution in [0, 0.1) is 5.92 Å². The van der Waals surface area contributed by atoms with Crippen molar-refractivity contribution < 1.29 is 12.8 Å². The molecule has 1 heterocycles. The number of hydrogen-bond donors (Lipinski definition) is 2. The van der Waals surface area contributed by atoms with Gasteiger partial charge in [0, 0.05) is 12.6 Å². The fraction of sp³-hybridized carbons (Fsp3) is 0.667. The van der Waals surface area contributed by atoms with Gasteiger partial charge in [0.15, 0.2) is 4.67 Å². The Morgan fingerprint density at radius 1 is 1.42 bits per heavy atom. The number of halogens is 1. The highest BCUT2D eigenvalue weighted by atomic mass is 79.9. The first-order chi connectivity index (χ1) is 8.86. The minimum Gasteiger partial charge on any atom is -0.452 e. The zero-order valence-electron chi connectivity index (χ0n) is 11.5. The molecule has 0 aromatic carbocycles. The van der Waals surface area contributed by atoms with Crippen LogP contribution in [0.2, 0.25) is 0 Å². The van der Waals surface area contributed by atoms with Crippen LogP contribution in [-0.2, 0) is 16.6 Å². The standard InChI is InChI=1S/C12H21BrN2O3S/c1-4-14-8-10-7-11(12(13)18-10)19(16,17)15-6-5-9(2)3/h7,9,14-15H,4-6,8H2,1-3H3. The molecule has 0 aliphatic heterocycles. The Kier molecular flexibility index (Phi) is 6.52. The van der Waals surface area contributed by atoms with Gasteiger partial charge < -0.3 is 9.73 Å². The van der Waals surface area contributed by atoms with Crippen molar-refractivity contribution in [2.75, 3.05) is 13.1 Å². The summed E-state index contributed by atoms with van der Waals surface area (Å²) in [5.41, 5.74) is 0. The zero-order chi connectivity index (χ0) is 14.5. The van der Waals surface area contributed by atoms with E-state index < -0.39 is 10.0 Å². The van der Waals surface area contributed by atoms with Gasteiger partial charge in [-0.15, -0.1) is 0 Å². The SMILES string of the molecule is CCNCc1cc(S(=O)(=O)NCCC(C)C)c(Br)o1. The van der Waals surface area contributed by atoms with Gasteiger partial charge in [0.2, 0.25) is 10.0 Å². The number of nitrogens with one attached hydrogen (secondary N) is 2. The molecule has 19 heavy (non-hydrogen) atoms. The smallest absolute Gasteiger partial charge is 0.244 e. The van der Waals surface area contributed by atoms with Gasteiger partial charge in [-0.1, -0.05) is 20.8 Å². The Morgan fingerprint density at radius 2 is 2.11 bits per heavy atom. The maximum absolute atomic E-state index is 12.1. The van der Waals surface area contributed by atoms with Crippen molar-refractivity contribution >= 4 is 26.0 Å². The molecule has 0 saturated heterocycles. The van der Waals surface area contributed by atoms with Crippen LogP contribution in [0.1, 0.15) is 33.0 Å². The predicted octanol–water partition coefficient (Wildman–Crippen LogP) is 2.48. The second-order valence-electron chi connectivity index (χ2n) is 4.71. The third kappa shape index (κ3) is 5.25. The predicted molar refractivity (Wildman–Crippen MR) is 78.4 cm³/mol. The summed E-state index contributed by atoms with van der Waals surface area (Å²) in [5.74, 6) is 1.05. The lowest BCUT2D eigenvalue weighted by Crippen LogP contribution is -2.25. The van der Waals surface area contributed by atoms with Crippen molar-refractivity contribution in [3.05, 3.63) is 16.5 Å². The van der Waals surface area contributed by atoms with E-state index in [1.54, 1.807) is 6.07 Å². The monoisotopic (exact) mass is 352 g/mol. The molecular weight excluding hydrogens is 332 g/mol. The van der Waals surface area contributed by atoms with E-state index in [2.05, 4.69) is 39.8 Å². The van der Waals surface area contributed by atoms with Gasteiger partial charge in [-0.05, 0) is 34.8 Å². The number of furan rings is 1. The van der Waals surface area contributed by atoms with Crippen LogP contribution in [-0.4, -0.2) is 21.5 Å². The number of hydrogen-bond acceptors (Lipinski definition) is 4. The van der Waals surface area contributed by atoms with E-state index in [0.717, 1.165) is 13.0 Å². The minimum absolute atomic E-state index is 0.157. The summed E-state index contributed by atoms with van der Waals surface area (Å²) in [6, 6.07) is 1.55. The average molecular weight is 353 g/mol. The van der Waals surface area contributed by atoms with E-state index >= 15 is 0 Å². The molecule has 1 rings (SSSR count). The molecule has 5 nitrogen and oxygen atoms in total. The Hall–Kier alpha value is -0.370. The van der Waals surface area contributed by atoms with E-state index in [0.29, 0.717) is 24.8 Å². The molecule has 110 valence electrons. The maximum Gasteiger partial charge on any atom is 0.244 e. The van der Waals surface area contributed by atoms with E-state index in [-0.39, 0.29) is 9.56 Å². The first-order valence-corrected chi connectivity index (χ1v) is 8.63. The molecule has 1 aromatic heterocycles. The molecule has 0 aliphatic rings. The highest BCUT2D eigenvalue weighted by Gasteiger charge is 2.21. The van der Waals surface area contributed by atoms with Gasteiger partial charge in [0.25, 0.3) is 0 Å². The molecule has 0 bridgehead atoms. The Morgan fingerprint density at radius 3 is 2.68 bits per heavy atom. The fourth-order valence-corrected chi connectivity index (χ4v) is 3.52. The topological polar surface area (TPSA) is 71.3 Å². The lowest BCUT2D eigenvalue weighted by atomic mass is 10.1. The number of rotatable bonds is 8. The Bertz CT molecular complexity index is 497. The van der Waals surface area contributed by atoms with Gasteiger partial charge in [-0.3, -0.25) is 0 Å². The van der Waals surface area contributed by atoms with Gasteiger partial charge in [0.05, 0.1) is 6.54 Å². The Balaban J connectivity index is 2.74. The maximum atomic E-state index is 12.1. The summed E-state index contributed by atoms with van der Waals surface area (Å²) in [7, 11) is -3.51. The zero-order valence-corrected chi connectivity index (χ0v) is 13.9. The molecule has 0 fully saturated rings. The molecule has 0 aliphatic carbocycles. The normalized spacial score (nSPS) is 12.3. The molecule has 0 radical (unpaired) electrons. The van der Waals surface area contributed by atoms with Crippen molar-refractivity contribution in [3.63, 3.8) is 0 Å². The lowest BCUT2D eigenvalue weighted by Gasteiger charge is -2.06. The second kappa shape index (κ2) is 7.42. The highest BCUT2D eigenvalue weighted by molar-refractivity contribution is 9.10. The average Bonchev–Trinajstić information content (AvgIpc) is 2.68. The molecule has 0 spiro atoms. The largest absolute Gasteiger partial charge is 0.452 e. The van der Waals surface area contributed by atoms with Crippen molar-refractivity contribution in [2.24, 2.45) is 5.92 Å². The molecule has 0 saturated carbocycles. The van der Waals surface area contributed by atoms with Crippen LogP contribution in [0.25, 0.3) is 0 Å². The second-order valence-corrected chi connectivity index (χ2v) is 7.17. The first kappa shape index (κ1) is 16.7. The molecule has 2 N–H and O–H groups in total. The van der Waals surface area contributed by atoms with Crippen LogP contribution in [0.5, 0.6) is 0 Å². The summed E-state index contributed by atoms with van der Waals surface area (Å²) in [6.07, 6.45) is 0.805. The van der Waals surface area contributed by atoms with Crippen molar-refractivity contribution in [1.29, 1.82) is 0 Å². The van der Waals surface area contributed by atoms with Crippen molar-refractivity contribution in [2.45, 2.75) is 38.6 Å². The van der Waals surface area contributed by atoms with Crippen LogP contribution in [0.3, 0.4) is 0 Å². The summed E-state index contributed by atoms with van der Waals surface area (Å²) in [6.45, 7) is 7.82. The van der Waals surface area contributed by atoms with E-state index in [9.17, 15) is 8.42 Å². The summed E-state index contributed by atoms with van der Waals surface area (Å²) < 4.78 is 32.4. The highest BCUT2D eigenvalue weighted by Crippen LogP contribution is 2.26. The van der Waals surface area contributed by atoms with Crippen LogP contribution < -0.4 is 10.0 Å². The first-order valence-electron chi connectivity index (χ1n) is 6.35. The third-order valence-electron chi connectivity index (χ3n) is 2.56. The van der Waals surface area contributed by atoms with Crippen LogP contribution >= 0.6 is 15.9 Å². The van der Waals surface area contributed by atoms with E-state index in [1.807, 2.05) is 6.92 Å². The molecule has 0 amide bonds. The van der Waals surface area contributed by atoms with Crippen molar-refractivity contribution in [3.8, 4) is 0 Å². The summed E-state index contributed by atoms with van der Waals surface area (Å²) in [4.78, 5) is 0.157. The van der Waals surface area contributed by atoms with Crippen LogP contribution in [0.15, 0.2) is 20.0 Å². The minimum atomic E-state index is -3.51. The van der Waals surface area contributed by atoms with Gasteiger partial charge in [0.1, 0.15) is 10.7 Å². The molecule has 0 atom stereocenters. The fourth-order valence-electron chi connectivity index (χ4n) is 1.48. The molecular formula is C12H21BrN2O3S. The molecule has 1 aromatic rings. The van der Waals surface area contributed by atoms with Crippen molar-refractivity contribution in [1.82, 2.24) is 10.0 Å². The van der Waals surface area contributed by atoms with Gasteiger partial charge in [-0.2, -0.15) is 0 Å². The summed E-state index contributed by atoms with van der Waals surface area (Å²) >= 11 is 3.15. The quantitative estimate of drug-likeness (QED) is 0.753. The Labute approximate surface area is 123 Å². The third-order valence-corrected chi connectivity index (χ3v) is 4.88. The van der Waals surface area contributed by atoms with Gasteiger partial charge >= 0.3 is 0 Å². The van der Waals surface area contributed by atoms with E-state index in [4.69, 9.17) is 4.42 Å². The molecule has 7 heteroatoms. The van der Waals surface area contributed by atoms with Gasteiger partial charge in [-0.25, -0.2) is 13.1 Å². The lowest BCUT2D eigenvalue weighted by molar-refractivity contribution is 0.464. The van der Waals surface area contributed by atoms with Crippen LogP contribution in [0.4, 0.5) is 0 Å². The van der Waals surface area contributed by atoms with E-state index in [1.165, 1.54) is 0 Å². The summed E-state index contributed by atoms with van der Waals surface area (Å²) in [5, 5.41) is 3.08. The number of sulfonamides is 1. The molecule has 0 unspecified atom stereocenters.